The normalized spacial score (nSPS) is 22.5. The molecule has 12 rings (SSSR count). The third-order valence-corrected chi connectivity index (χ3v) is 28.8. The largest absolute Gasteiger partial charge is 0.376 e. The van der Waals surface area contributed by atoms with E-state index in [1.807, 2.05) is 0 Å². The fourth-order valence-electron chi connectivity index (χ4n) is 20.1. The van der Waals surface area contributed by atoms with Crippen LogP contribution in [0, 0.1) is 22.2 Å². The van der Waals surface area contributed by atoms with Gasteiger partial charge in [0.15, 0.2) is 0 Å². The smallest absolute Gasteiger partial charge is 0.110 e. The highest BCUT2D eigenvalue weighted by Crippen LogP contribution is 2.32. The number of hydrogen-bond donors (Lipinski definition) is 0. The summed E-state index contributed by atoms with van der Waals surface area (Å²) in [6, 6.07) is 1.60. The summed E-state index contributed by atoms with van der Waals surface area (Å²) in [5, 5.41) is 0. The van der Waals surface area contributed by atoms with E-state index < -0.39 is 5.67 Å². The van der Waals surface area contributed by atoms with Crippen molar-refractivity contribution in [2.45, 2.75) is 516 Å². The second-order valence-electron chi connectivity index (χ2n) is 57.4. The molecule has 1 saturated carbocycles. The van der Waals surface area contributed by atoms with Crippen LogP contribution in [-0.2, 0) is 37.9 Å². The summed E-state index contributed by atoms with van der Waals surface area (Å²) in [4.78, 5) is 30.2. The van der Waals surface area contributed by atoms with Gasteiger partial charge in [0.1, 0.15) is 5.67 Å². The van der Waals surface area contributed by atoms with Gasteiger partial charge in [-0.1, -0.05) is 127 Å². The minimum absolute atomic E-state index is 0.00653. The number of ether oxygens (including phenoxy) is 8. The molecule has 0 radical (unpaired) electrons. The molecule has 1 aliphatic carbocycles. The number of likely N-dealkylation sites (N-methyl/N-ethyl adjacent to an activating group) is 2. The van der Waals surface area contributed by atoms with Crippen molar-refractivity contribution in [2.75, 3.05) is 270 Å². The molecule has 868 valence electrons. The van der Waals surface area contributed by atoms with Crippen LogP contribution in [0.3, 0.4) is 0 Å². The Morgan fingerprint density at radius 2 is 0.538 bits per heavy atom. The molecule has 0 N–H and O–H groups in total. The van der Waals surface area contributed by atoms with Crippen molar-refractivity contribution >= 4 is 0 Å². The molecule has 12 aliphatic rings. The zero-order valence-electron chi connectivity index (χ0n) is 105. The molecule has 2 atom stereocenters. The maximum Gasteiger partial charge on any atom is 0.110 e. The average molecular weight is 2060 g/mol. The van der Waals surface area contributed by atoms with Crippen molar-refractivity contribution in [3.63, 3.8) is 0 Å². The van der Waals surface area contributed by atoms with E-state index in [2.05, 4.69) is 308 Å². The first-order valence-electron chi connectivity index (χ1n) is 60.7. The third-order valence-electron chi connectivity index (χ3n) is 28.8. The summed E-state index contributed by atoms with van der Waals surface area (Å²) in [5.41, 5.74) is 0.678. The van der Waals surface area contributed by atoms with Crippen molar-refractivity contribution in [3.05, 3.63) is 0 Å². The zero-order valence-corrected chi connectivity index (χ0v) is 105. The monoisotopic (exact) mass is 2060 g/mol. The quantitative estimate of drug-likeness (QED) is 0.0661. The first kappa shape index (κ1) is 140. The number of nitrogens with zero attached hydrogens (tertiary/aromatic N) is 12. The number of halogens is 1. The predicted octanol–water partition coefficient (Wildman–Crippen LogP) is 26.5. The Morgan fingerprint density at radius 3 is 0.841 bits per heavy atom. The lowest BCUT2D eigenvalue weighted by atomic mass is 9.90. The van der Waals surface area contributed by atoms with Crippen LogP contribution in [0.5, 0.6) is 0 Å². The number of hydrogen-bond acceptors (Lipinski definition) is 20. The molecule has 0 spiro atoms. The molecule has 2 unspecified atom stereocenters. The van der Waals surface area contributed by atoms with Gasteiger partial charge < -0.3 is 86.9 Å². The molecule has 20 nitrogen and oxygen atoms in total. The summed E-state index contributed by atoms with van der Waals surface area (Å²) in [6.45, 7) is 120. The first-order chi connectivity index (χ1) is 67.2. The first-order valence-corrected chi connectivity index (χ1v) is 60.7. The molecule has 0 aromatic carbocycles. The highest BCUT2D eigenvalue weighted by Gasteiger charge is 2.41. The molecule has 0 amide bonds. The highest BCUT2D eigenvalue weighted by molar-refractivity contribution is 4.98. The minimum Gasteiger partial charge on any atom is -0.376 e. The summed E-state index contributed by atoms with van der Waals surface area (Å²) in [6.07, 6.45) is 43.3. The SMILES string of the molecule is CC(C)(C)CCCN1CCCCC1.CC(C)(C)CCN1CCCCC1.CC(C)(C)CN1CCCCC1.CC(C)(C)OC1CCCCC1.CC(C)(C)OCCCN1CCCCC1.CC(C)(C)OCCN1CCCCC1.CC(C)(C)OCCN1CCCCC1.CC1(F)CCN(CCOC(C)(C)C)CC1.CC1CCN(CCOC(C)(C)C)CC1.CN1CC2CC1CN2CCOC(C)(C)C.CN1CCN(CCOC(C)(C)C)CC1. The van der Waals surface area contributed by atoms with Crippen molar-refractivity contribution in [3.8, 4) is 0 Å². The van der Waals surface area contributed by atoms with Gasteiger partial charge in [-0.2, -0.15) is 0 Å². The lowest BCUT2D eigenvalue weighted by Crippen LogP contribution is -2.45. The molecule has 11 saturated heterocycles. The number of likely N-dealkylation sites (tertiary alicyclic amines) is 10. The van der Waals surface area contributed by atoms with Gasteiger partial charge in [-0.25, -0.2) is 4.39 Å². The van der Waals surface area contributed by atoms with Crippen molar-refractivity contribution in [1.29, 1.82) is 0 Å². The Bertz CT molecular complexity index is 2820. The second kappa shape index (κ2) is 73.7. The van der Waals surface area contributed by atoms with Crippen LogP contribution in [0.4, 0.5) is 4.39 Å². The average Bonchev–Trinajstić information content (AvgIpc) is 1.65. The van der Waals surface area contributed by atoms with E-state index in [9.17, 15) is 4.39 Å². The van der Waals surface area contributed by atoms with Crippen LogP contribution in [0.15, 0.2) is 0 Å². The van der Waals surface area contributed by atoms with Crippen molar-refractivity contribution in [2.24, 2.45) is 22.2 Å². The molecule has 11 heterocycles. The number of fused-ring (bicyclic) bond motifs is 2. The Labute approximate surface area is 904 Å². The summed E-state index contributed by atoms with van der Waals surface area (Å²) < 4.78 is 59.3. The number of alkyl halides is 1. The number of rotatable bonds is 29. The number of piperazine rings is 2. The van der Waals surface area contributed by atoms with E-state index in [-0.39, 0.29) is 44.8 Å². The van der Waals surface area contributed by atoms with Crippen LogP contribution >= 0.6 is 0 Å². The van der Waals surface area contributed by atoms with E-state index >= 15 is 0 Å². The maximum absolute atomic E-state index is 13.5. The lowest BCUT2D eigenvalue weighted by molar-refractivity contribution is -0.0732. The fraction of sp³-hybridized carbons (Fsp3) is 1.00. The molecule has 0 aromatic heterocycles. The molecule has 145 heavy (non-hydrogen) atoms. The highest BCUT2D eigenvalue weighted by atomic mass is 19.1. The molecule has 0 aromatic rings. The van der Waals surface area contributed by atoms with Crippen LogP contribution in [0.25, 0.3) is 0 Å². The van der Waals surface area contributed by atoms with Gasteiger partial charge in [0.2, 0.25) is 0 Å². The van der Waals surface area contributed by atoms with E-state index in [1.54, 1.807) is 6.92 Å². The van der Waals surface area contributed by atoms with Gasteiger partial charge >= 0.3 is 0 Å². The molecular formula is C124H257FN12O8. The molecule has 2 bridgehead atoms. The lowest BCUT2D eigenvalue weighted by Gasteiger charge is -2.34. The summed E-state index contributed by atoms with van der Waals surface area (Å²) in [7, 11) is 4.43. The molecule has 12 fully saturated rings. The molecule has 21 heteroatoms. The number of piperidine rings is 8. The van der Waals surface area contributed by atoms with Crippen molar-refractivity contribution in [1.82, 2.24) is 58.8 Å². The molecular weight excluding hydrogens is 1800 g/mol. The fourth-order valence-corrected chi connectivity index (χ4v) is 20.1. The van der Waals surface area contributed by atoms with Gasteiger partial charge in [0.25, 0.3) is 0 Å². The van der Waals surface area contributed by atoms with Crippen LogP contribution in [0.1, 0.15) is 448 Å². The van der Waals surface area contributed by atoms with E-state index in [1.165, 1.54) is 350 Å². The predicted molar refractivity (Wildman–Crippen MR) is 627 cm³/mol. The van der Waals surface area contributed by atoms with E-state index in [0.29, 0.717) is 35.2 Å². The maximum atomic E-state index is 13.5. The summed E-state index contributed by atoms with van der Waals surface area (Å²) in [5.74, 6) is 0.926. The van der Waals surface area contributed by atoms with Gasteiger partial charge in [-0.05, 0) is 462 Å². The topological polar surface area (TPSA) is 113 Å². The van der Waals surface area contributed by atoms with Gasteiger partial charge in [0, 0.05) is 123 Å². The minimum atomic E-state index is -0.943. The van der Waals surface area contributed by atoms with E-state index in [4.69, 9.17) is 37.9 Å². The van der Waals surface area contributed by atoms with Crippen LogP contribution in [0.2, 0.25) is 0 Å². The molecule has 11 aliphatic heterocycles. The standard InChI is InChI=1S/C12H24FNO.C12H24N2O.2C12H25NO.C12H25N.C11H24N2O.2C11H23NO.C11H23N.C10H21N.C10H20O/c1-11(2,3)15-10-9-14-7-5-12(4,13)6-8-14;1-12(2,3)15-6-5-14-9-10-7-11(14)8-13(10)4;1-11-5-7-13(8-6-11)9-10-14-12(2,3)4;1-12(2,3)14-11-7-10-13-8-5-4-6-9-13;1-12(2,3)8-7-11-13-9-5-4-6-10-13;1-11(2,3)14-10-9-13-7-5-12(4)6-8-13;2*1-11(2,3)13-10-9-12-7-5-4-6-8-12;1-11(2,3)7-10-12-8-5-4-6-9-12;1-10(2,3)9-11-7-5-4-6-8-11;1-10(2,3)11-9-7-5-4-6-8-9/h5-10H2,1-4H3;10-11H,5-9H2,1-4H3;11H,5-10H2,1-4H3;4-11H2,1-3H3;4-11H2,1-3H3;5-10H2,1-4H3;2*4-10H2,1-3H3;4-10H2,1-3H3;4-9H2,1-3H3;9H,4-8H2,1-3H3. The van der Waals surface area contributed by atoms with Gasteiger partial charge in [0.05, 0.1) is 90.6 Å². The Balaban J connectivity index is 0.000000540. The van der Waals surface area contributed by atoms with Crippen molar-refractivity contribution < 1.29 is 42.3 Å². The van der Waals surface area contributed by atoms with Crippen LogP contribution < -0.4 is 0 Å². The van der Waals surface area contributed by atoms with Gasteiger partial charge in [-0.3, -0.25) is 9.80 Å². The Kier molecular flexibility index (Phi) is 71.2. The Hall–Kier alpha value is -0.870. The third kappa shape index (κ3) is 87.9. The van der Waals surface area contributed by atoms with Crippen LogP contribution in [-0.4, -0.2) is 397 Å². The van der Waals surface area contributed by atoms with Gasteiger partial charge in [-0.15, -0.1) is 0 Å². The van der Waals surface area contributed by atoms with E-state index in [0.717, 1.165) is 117 Å². The second-order valence-corrected chi connectivity index (χ2v) is 57.4. The zero-order chi connectivity index (χ0) is 109. The summed E-state index contributed by atoms with van der Waals surface area (Å²) >= 11 is 0. The Morgan fingerprint density at radius 1 is 0.255 bits per heavy atom.